The second-order valence-electron chi connectivity index (χ2n) is 4.89. The van der Waals surface area contributed by atoms with Gasteiger partial charge in [0, 0.05) is 16.7 Å². The SMILES string of the molecule is C=CCN1C(=O)c2ccccc2NC1c1cccc(Br)c1. The Morgan fingerprint density at radius 3 is 2.81 bits per heavy atom. The van der Waals surface area contributed by atoms with Crippen LogP contribution in [-0.2, 0) is 0 Å². The summed E-state index contributed by atoms with van der Waals surface area (Å²) in [5.41, 5.74) is 2.60. The third-order valence-electron chi connectivity index (χ3n) is 3.51. The summed E-state index contributed by atoms with van der Waals surface area (Å²) < 4.78 is 0.992. The van der Waals surface area contributed by atoms with Gasteiger partial charge >= 0.3 is 0 Å². The fraction of sp³-hybridized carbons (Fsp3) is 0.118. The molecular weight excluding hydrogens is 328 g/mol. The molecule has 0 spiro atoms. The lowest BCUT2D eigenvalue weighted by molar-refractivity contribution is 0.0707. The molecule has 1 unspecified atom stereocenters. The van der Waals surface area contributed by atoms with Gasteiger partial charge in [-0.2, -0.15) is 0 Å². The normalized spacial score (nSPS) is 17.1. The van der Waals surface area contributed by atoms with Crippen molar-refractivity contribution in [3.63, 3.8) is 0 Å². The van der Waals surface area contributed by atoms with E-state index in [0.717, 1.165) is 15.7 Å². The molecule has 1 heterocycles. The van der Waals surface area contributed by atoms with Crippen LogP contribution in [0.15, 0.2) is 65.7 Å². The number of anilines is 1. The minimum Gasteiger partial charge on any atom is -0.361 e. The Morgan fingerprint density at radius 2 is 2.05 bits per heavy atom. The maximum absolute atomic E-state index is 12.7. The first-order chi connectivity index (χ1) is 10.2. The molecule has 0 saturated carbocycles. The number of benzene rings is 2. The number of rotatable bonds is 3. The summed E-state index contributed by atoms with van der Waals surface area (Å²) in [6.07, 6.45) is 1.56. The monoisotopic (exact) mass is 342 g/mol. The van der Waals surface area contributed by atoms with Crippen molar-refractivity contribution >= 4 is 27.5 Å². The minimum absolute atomic E-state index is 0.0224. The Hall–Kier alpha value is -2.07. The summed E-state index contributed by atoms with van der Waals surface area (Å²) in [5.74, 6) is 0.0224. The predicted molar refractivity (Wildman–Crippen MR) is 88.2 cm³/mol. The molecule has 0 radical (unpaired) electrons. The fourth-order valence-corrected chi connectivity index (χ4v) is 2.98. The number of fused-ring (bicyclic) bond motifs is 1. The third-order valence-corrected chi connectivity index (χ3v) is 4.01. The minimum atomic E-state index is -0.192. The van der Waals surface area contributed by atoms with E-state index in [2.05, 4.69) is 27.8 Å². The first kappa shape index (κ1) is 13.9. The Bertz CT molecular complexity index is 699. The molecule has 0 bridgehead atoms. The molecule has 2 aromatic rings. The number of hydrogen-bond acceptors (Lipinski definition) is 2. The average molecular weight is 343 g/mol. The first-order valence-electron chi connectivity index (χ1n) is 6.73. The Labute approximate surface area is 132 Å². The Balaban J connectivity index is 2.06. The molecule has 2 aromatic carbocycles. The highest BCUT2D eigenvalue weighted by molar-refractivity contribution is 9.10. The van der Waals surface area contributed by atoms with E-state index >= 15 is 0 Å². The van der Waals surface area contributed by atoms with Gasteiger partial charge in [0.1, 0.15) is 6.17 Å². The van der Waals surface area contributed by atoms with E-state index in [-0.39, 0.29) is 12.1 Å². The van der Waals surface area contributed by atoms with Crippen LogP contribution in [0, 0.1) is 0 Å². The number of nitrogens with zero attached hydrogens (tertiary/aromatic N) is 1. The molecule has 0 saturated heterocycles. The molecule has 1 N–H and O–H groups in total. The maximum Gasteiger partial charge on any atom is 0.258 e. The fourth-order valence-electron chi connectivity index (χ4n) is 2.56. The molecule has 21 heavy (non-hydrogen) atoms. The quantitative estimate of drug-likeness (QED) is 0.847. The van der Waals surface area contributed by atoms with Crippen molar-refractivity contribution in [3.8, 4) is 0 Å². The van der Waals surface area contributed by atoms with Crippen molar-refractivity contribution in [2.45, 2.75) is 6.17 Å². The standard InChI is InChI=1S/C17H15BrN2O/c1-2-10-20-16(12-6-5-7-13(18)11-12)19-15-9-4-3-8-14(15)17(20)21/h2-9,11,16,19H,1,10H2. The highest BCUT2D eigenvalue weighted by atomic mass is 79.9. The van der Waals surface area contributed by atoms with Gasteiger partial charge in [0.15, 0.2) is 0 Å². The number of carbonyl (C=O) groups is 1. The molecule has 4 heteroatoms. The molecule has 1 atom stereocenters. The highest BCUT2D eigenvalue weighted by Crippen LogP contribution is 2.33. The van der Waals surface area contributed by atoms with Crippen molar-refractivity contribution < 1.29 is 4.79 Å². The number of para-hydroxylation sites is 1. The zero-order valence-electron chi connectivity index (χ0n) is 11.4. The van der Waals surface area contributed by atoms with E-state index in [0.29, 0.717) is 12.1 Å². The van der Waals surface area contributed by atoms with Gasteiger partial charge in [-0.1, -0.05) is 46.3 Å². The largest absolute Gasteiger partial charge is 0.361 e. The summed E-state index contributed by atoms with van der Waals surface area (Å²) in [6.45, 7) is 4.26. The summed E-state index contributed by atoms with van der Waals surface area (Å²) in [4.78, 5) is 14.5. The van der Waals surface area contributed by atoms with Gasteiger partial charge in [-0.05, 0) is 29.8 Å². The van der Waals surface area contributed by atoms with Crippen molar-refractivity contribution in [1.82, 2.24) is 4.90 Å². The van der Waals surface area contributed by atoms with Crippen LogP contribution in [0.25, 0.3) is 0 Å². The van der Waals surface area contributed by atoms with Gasteiger partial charge in [-0.25, -0.2) is 0 Å². The molecule has 1 aliphatic rings. The zero-order valence-corrected chi connectivity index (χ0v) is 13.0. The molecule has 106 valence electrons. The van der Waals surface area contributed by atoms with E-state index in [1.165, 1.54) is 0 Å². The number of nitrogens with one attached hydrogen (secondary N) is 1. The van der Waals surface area contributed by atoms with E-state index in [1.807, 2.05) is 48.5 Å². The molecule has 3 nitrogen and oxygen atoms in total. The van der Waals surface area contributed by atoms with Crippen LogP contribution in [0.1, 0.15) is 22.1 Å². The molecule has 1 aliphatic heterocycles. The van der Waals surface area contributed by atoms with Gasteiger partial charge in [-0.3, -0.25) is 4.79 Å². The lowest BCUT2D eigenvalue weighted by Crippen LogP contribution is -2.42. The predicted octanol–water partition coefficient (Wildman–Crippen LogP) is 4.20. The van der Waals surface area contributed by atoms with E-state index < -0.39 is 0 Å². The second-order valence-corrected chi connectivity index (χ2v) is 5.81. The van der Waals surface area contributed by atoms with Crippen LogP contribution < -0.4 is 5.32 Å². The third kappa shape index (κ3) is 2.59. The van der Waals surface area contributed by atoms with E-state index in [4.69, 9.17) is 0 Å². The zero-order chi connectivity index (χ0) is 14.8. The smallest absolute Gasteiger partial charge is 0.258 e. The van der Waals surface area contributed by atoms with Crippen LogP contribution in [0.5, 0.6) is 0 Å². The van der Waals surface area contributed by atoms with Crippen molar-refractivity contribution in [3.05, 3.63) is 76.8 Å². The summed E-state index contributed by atoms with van der Waals surface area (Å²) in [6, 6.07) is 15.6. The Morgan fingerprint density at radius 1 is 1.24 bits per heavy atom. The van der Waals surface area contributed by atoms with E-state index in [1.54, 1.807) is 11.0 Å². The lowest BCUT2D eigenvalue weighted by Gasteiger charge is -2.37. The number of amides is 1. The first-order valence-corrected chi connectivity index (χ1v) is 7.53. The van der Waals surface area contributed by atoms with Gasteiger partial charge < -0.3 is 10.2 Å². The highest BCUT2D eigenvalue weighted by Gasteiger charge is 2.31. The molecule has 0 aliphatic carbocycles. The van der Waals surface area contributed by atoms with Crippen LogP contribution in [0.2, 0.25) is 0 Å². The molecule has 1 amide bonds. The van der Waals surface area contributed by atoms with Crippen molar-refractivity contribution in [2.75, 3.05) is 11.9 Å². The van der Waals surface area contributed by atoms with Crippen LogP contribution >= 0.6 is 15.9 Å². The van der Waals surface area contributed by atoms with Gasteiger partial charge in [0.25, 0.3) is 5.91 Å². The summed E-state index contributed by atoms with van der Waals surface area (Å²) in [7, 11) is 0. The number of hydrogen-bond donors (Lipinski definition) is 1. The van der Waals surface area contributed by atoms with Crippen molar-refractivity contribution in [2.24, 2.45) is 0 Å². The van der Waals surface area contributed by atoms with Gasteiger partial charge in [-0.15, -0.1) is 6.58 Å². The van der Waals surface area contributed by atoms with Crippen molar-refractivity contribution in [1.29, 1.82) is 0 Å². The molecular formula is C17H15BrN2O. The molecule has 3 rings (SSSR count). The number of halogens is 1. The topological polar surface area (TPSA) is 32.3 Å². The van der Waals surface area contributed by atoms with E-state index in [9.17, 15) is 4.79 Å². The van der Waals surface area contributed by atoms with Crippen LogP contribution in [0.3, 0.4) is 0 Å². The average Bonchev–Trinajstić information content (AvgIpc) is 2.50. The van der Waals surface area contributed by atoms with Gasteiger partial charge in [0.05, 0.1) is 5.56 Å². The molecule has 0 aromatic heterocycles. The Kier molecular flexibility index (Phi) is 3.80. The lowest BCUT2D eigenvalue weighted by atomic mass is 10.0. The second kappa shape index (κ2) is 5.74. The maximum atomic E-state index is 12.7. The van der Waals surface area contributed by atoms with Crippen LogP contribution in [0.4, 0.5) is 5.69 Å². The summed E-state index contributed by atoms with van der Waals surface area (Å²) >= 11 is 3.48. The summed E-state index contributed by atoms with van der Waals surface area (Å²) in [5, 5.41) is 3.44. The van der Waals surface area contributed by atoms with Crippen LogP contribution in [-0.4, -0.2) is 17.4 Å². The van der Waals surface area contributed by atoms with Gasteiger partial charge in [0.2, 0.25) is 0 Å². The number of carbonyl (C=O) groups excluding carboxylic acids is 1. The molecule has 0 fully saturated rings.